The zero-order chi connectivity index (χ0) is 27.9. The molecule has 2 aliphatic rings. The van der Waals surface area contributed by atoms with Crippen LogP contribution in [0, 0.1) is 19.8 Å². The van der Waals surface area contributed by atoms with E-state index in [9.17, 15) is 13.2 Å². The summed E-state index contributed by atoms with van der Waals surface area (Å²) in [4.78, 5) is 26.7. The minimum Gasteiger partial charge on any atom is -0.471 e. The molecule has 9 nitrogen and oxygen atoms in total. The van der Waals surface area contributed by atoms with Gasteiger partial charge in [0.05, 0.1) is 17.1 Å². The smallest absolute Gasteiger partial charge is 0.264 e. The molecule has 2 atom stereocenters. The van der Waals surface area contributed by atoms with Crippen LogP contribution < -0.4 is 9.46 Å². The van der Waals surface area contributed by atoms with Crippen molar-refractivity contribution in [1.82, 2.24) is 19.8 Å². The van der Waals surface area contributed by atoms with E-state index in [-0.39, 0.29) is 30.1 Å². The van der Waals surface area contributed by atoms with Gasteiger partial charge in [0.15, 0.2) is 0 Å². The molecule has 2 aromatic carbocycles. The fourth-order valence-electron chi connectivity index (χ4n) is 5.46. The summed E-state index contributed by atoms with van der Waals surface area (Å²) < 4.78 is 35.9. The monoisotopic (exact) mass is 551 g/mol. The van der Waals surface area contributed by atoms with E-state index in [0.29, 0.717) is 36.8 Å². The average Bonchev–Trinajstić information content (AvgIpc) is 3.01. The standard InChI is InChI=1S/C29H35N5O4S.H2/c1-18(2)14-24-25-17-34(13-12-33(24)5)28(35)21-10-7-11-22(15-21)39(36,37)32-29-30-23(16-26(31-29)38-25)27-19(3)8-6-9-20(27)4;/h6-11,15-16,18,24-25H,12-14,17H2,1-5H3,(H,30,31,32);1H/t24-,25+;/m1./s1. The van der Waals surface area contributed by atoms with Crippen LogP contribution in [0.1, 0.15) is 43.2 Å². The second-order valence-electron chi connectivity index (χ2n) is 10.9. The largest absolute Gasteiger partial charge is 0.471 e. The van der Waals surface area contributed by atoms with Gasteiger partial charge in [0.1, 0.15) is 6.10 Å². The highest BCUT2D eigenvalue weighted by Gasteiger charge is 2.36. The molecule has 3 aromatic rings. The van der Waals surface area contributed by atoms with E-state index < -0.39 is 16.1 Å². The molecular formula is C29H37N5O4S. The molecule has 0 radical (unpaired) electrons. The highest BCUT2D eigenvalue weighted by molar-refractivity contribution is 7.92. The normalized spacial score (nSPS) is 21.2. The minimum absolute atomic E-state index is 0. The Balaban J connectivity index is 0.00000370. The number of carbonyl (C=O) groups is 1. The molecule has 10 heteroatoms. The summed E-state index contributed by atoms with van der Waals surface area (Å²) in [7, 11) is -2.02. The van der Waals surface area contributed by atoms with E-state index >= 15 is 0 Å². The molecular weight excluding hydrogens is 514 g/mol. The van der Waals surface area contributed by atoms with E-state index in [1.807, 2.05) is 32.0 Å². The second-order valence-corrected chi connectivity index (χ2v) is 12.6. The number of rotatable bonds is 3. The van der Waals surface area contributed by atoms with Crippen molar-refractivity contribution in [2.75, 3.05) is 31.4 Å². The lowest BCUT2D eigenvalue weighted by molar-refractivity contribution is 0.0576. The third kappa shape index (κ3) is 5.62. The van der Waals surface area contributed by atoms with Gasteiger partial charge in [-0.05, 0) is 62.6 Å². The lowest BCUT2D eigenvalue weighted by Gasteiger charge is -2.33. The van der Waals surface area contributed by atoms with E-state index in [1.165, 1.54) is 12.1 Å². The SMILES string of the molecule is Cc1cccc(C)c1-c1cc2nc(n1)NS(=O)(=O)c1cccc(c1)C(=O)N1CCN(C)[C@H](CC(C)C)[C@H](C1)O2.[HH]. The van der Waals surface area contributed by atoms with Crippen LogP contribution >= 0.6 is 0 Å². The van der Waals surface area contributed by atoms with Gasteiger partial charge in [-0.25, -0.2) is 18.1 Å². The fraction of sp³-hybridized carbons (Fsp3) is 0.414. The van der Waals surface area contributed by atoms with Gasteiger partial charge in [-0.3, -0.25) is 9.69 Å². The lowest BCUT2D eigenvalue weighted by atomic mass is 9.97. The van der Waals surface area contributed by atoms with E-state index in [1.54, 1.807) is 23.1 Å². The van der Waals surface area contributed by atoms with Crippen LogP contribution in [0.2, 0.25) is 0 Å². The maximum atomic E-state index is 13.6. The molecule has 3 heterocycles. The number of likely N-dealkylation sites (N-methyl/N-ethyl adjacent to an activating group) is 1. The number of ether oxygens (including phenoxy) is 1. The van der Waals surface area contributed by atoms with Gasteiger partial charge < -0.3 is 9.64 Å². The average molecular weight is 552 g/mol. The summed E-state index contributed by atoms with van der Waals surface area (Å²) in [6.45, 7) is 9.85. The first-order valence-electron chi connectivity index (χ1n) is 13.3. The molecule has 0 saturated carbocycles. The Morgan fingerprint density at radius 3 is 2.51 bits per heavy atom. The van der Waals surface area contributed by atoms with Crippen molar-refractivity contribution in [3.05, 3.63) is 65.2 Å². The van der Waals surface area contributed by atoms with Gasteiger partial charge in [0, 0.05) is 37.8 Å². The Hall–Kier alpha value is -3.50. The van der Waals surface area contributed by atoms with Crippen LogP contribution in [0.25, 0.3) is 11.3 Å². The first-order chi connectivity index (χ1) is 18.5. The first kappa shape index (κ1) is 27.1. The second kappa shape index (κ2) is 10.6. The molecule has 6 bridgehead atoms. The molecule has 5 rings (SSSR count). The van der Waals surface area contributed by atoms with Crippen LogP contribution in [-0.2, 0) is 10.0 Å². The van der Waals surface area contributed by atoms with Crippen molar-refractivity contribution in [3.63, 3.8) is 0 Å². The molecule has 1 amide bonds. The molecule has 1 saturated heterocycles. The Labute approximate surface area is 231 Å². The maximum absolute atomic E-state index is 13.6. The van der Waals surface area contributed by atoms with Crippen LogP contribution in [0.3, 0.4) is 0 Å². The summed E-state index contributed by atoms with van der Waals surface area (Å²) in [5, 5.41) is 0. The topological polar surface area (TPSA) is 105 Å². The molecule has 1 fully saturated rings. The highest BCUT2D eigenvalue weighted by atomic mass is 32.2. The number of aromatic nitrogens is 2. The van der Waals surface area contributed by atoms with Crippen molar-refractivity contribution >= 4 is 21.9 Å². The fourth-order valence-corrected chi connectivity index (χ4v) is 6.45. The number of sulfonamides is 1. The zero-order valence-electron chi connectivity index (χ0n) is 23.0. The molecule has 2 aliphatic heterocycles. The molecule has 0 spiro atoms. The zero-order valence-corrected chi connectivity index (χ0v) is 23.8. The van der Waals surface area contributed by atoms with Crippen LogP contribution in [0.5, 0.6) is 5.88 Å². The van der Waals surface area contributed by atoms with Gasteiger partial charge in [0.25, 0.3) is 15.9 Å². The van der Waals surface area contributed by atoms with Crippen molar-refractivity contribution in [3.8, 4) is 17.1 Å². The van der Waals surface area contributed by atoms with Gasteiger partial charge >= 0.3 is 0 Å². The van der Waals surface area contributed by atoms with Gasteiger partial charge in [0.2, 0.25) is 11.8 Å². The molecule has 0 aliphatic carbocycles. The minimum atomic E-state index is -4.08. The quantitative estimate of drug-likeness (QED) is 0.515. The van der Waals surface area contributed by atoms with E-state index in [0.717, 1.165) is 23.1 Å². The van der Waals surface area contributed by atoms with Gasteiger partial charge in [-0.1, -0.05) is 38.1 Å². The number of anilines is 1. The number of amides is 1. The maximum Gasteiger partial charge on any atom is 0.264 e. The summed E-state index contributed by atoms with van der Waals surface area (Å²) in [6.07, 6.45) is 0.477. The van der Waals surface area contributed by atoms with Crippen molar-refractivity contribution in [2.45, 2.75) is 51.2 Å². The molecule has 1 N–H and O–H groups in total. The van der Waals surface area contributed by atoms with E-state index in [4.69, 9.17) is 4.74 Å². The number of fused-ring (bicyclic) bond motifs is 6. The predicted octanol–water partition coefficient (Wildman–Crippen LogP) is 4.37. The molecule has 1 aromatic heterocycles. The first-order valence-corrected chi connectivity index (χ1v) is 14.7. The number of hydrogen-bond acceptors (Lipinski definition) is 7. The Morgan fingerprint density at radius 2 is 1.79 bits per heavy atom. The van der Waals surface area contributed by atoms with Gasteiger partial charge in [-0.15, -0.1) is 0 Å². The predicted molar refractivity (Wildman–Crippen MR) is 152 cm³/mol. The Bertz CT molecular complexity index is 1490. The summed E-state index contributed by atoms with van der Waals surface area (Å²) in [5.74, 6) is 0.350. The van der Waals surface area contributed by atoms with Crippen molar-refractivity contribution in [2.24, 2.45) is 5.92 Å². The van der Waals surface area contributed by atoms with Crippen molar-refractivity contribution < 1.29 is 19.4 Å². The Kier molecular flexibility index (Phi) is 7.35. The van der Waals surface area contributed by atoms with Crippen molar-refractivity contribution in [1.29, 1.82) is 0 Å². The summed E-state index contributed by atoms with van der Waals surface area (Å²) in [5.41, 5.74) is 3.77. The number of hydrogen-bond donors (Lipinski definition) is 1. The molecule has 39 heavy (non-hydrogen) atoms. The molecule has 208 valence electrons. The number of aryl methyl sites for hydroxylation is 2. The third-order valence-corrected chi connectivity index (χ3v) is 8.77. The van der Waals surface area contributed by atoms with E-state index in [2.05, 4.69) is 40.5 Å². The summed E-state index contributed by atoms with van der Waals surface area (Å²) in [6, 6.07) is 13.8. The van der Waals surface area contributed by atoms with Crippen LogP contribution in [0.15, 0.2) is 53.4 Å². The van der Waals surface area contributed by atoms with Gasteiger partial charge in [-0.2, -0.15) is 4.98 Å². The summed E-state index contributed by atoms with van der Waals surface area (Å²) >= 11 is 0. The third-order valence-electron chi connectivity index (χ3n) is 7.45. The van der Waals surface area contributed by atoms with Crippen LogP contribution in [-0.4, -0.2) is 72.9 Å². The number of nitrogens with one attached hydrogen (secondary N) is 1. The lowest BCUT2D eigenvalue weighted by Crippen LogP contribution is -2.47. The Morgan fingerprint density at radius 1 is 1.08 bits per heavy atom. The number of benzene rings is 2. The number of nitrogens with zero attached hydrogens (tertiary/aromatic N) is 4. The van der Waals surface area contributed by atoms with Crippen LogP contribution in [0.4, 0.5) is 5.95 Å². The highest BCUT2D eigenvalue weighted by Crippen LogP contribution is 2.31. The molecule has 0 unspecified atom stereocenters. The number of carbonyl (C=O) groups excluding carboxylic acids is 1.